The molecule has 0 atom stereocenters. The van der Waals surface area contributed by atoms with Crippen molar-refractivity contribution in [2.45, 2.75) is 0 Å². The van der Waals surface area contributed by atoms with Crippen molar-refractivity contribution in [1.82, 2.24) is 4.98 Å². The molecule has 0 aliphatic heterocycles. The molecular formula is C12H10N4O. The number of aliphatic imine (C=N–C) groups is 1. The van der Waals surface area contributed by atoms with Crippen LogP contribution in [0.5, 0.6) is 5.75 Å². The number of rotatable bonds is 2. The standard InChI is InChI=1S/C12H10N4O/c13-5-10-11(6-15-12(10)16-7-14)8-2-1-3-9(17)4-8/h1-4,6-7,15,17H,(H2,14,16). The molecule has 1 aromatic carbocycles. The lowest BCUT2D eigenvalue weighted by Gasteiger charge is -1.99. The van der Waals surface area contributed by atoms with Crippen LogP contribution in [0.2, 0.25) is 0 Å². The second-order valence-corrected chi connectivity index (χ2v) is 3.37. The average Bonchev–Trinajstić information content (AvgIpc) is 2.72. The van der Waals surface area contributed by atoms with Gasteiger partial charge in [-0.15, -0.1) is 0 Å². The smallest absolute Gasteiger partial charge is 0.150 e. The number of hydrogen-bond acceptors (Lipinski definition) is 3. The van der Waals surface area contributed by atoms with E-state index in [-0.39, 0.29) is 5.75 Å². The van der Waals surface area contributed by atoms with Gasteiger partial charge in [-0.1, -0.05) is 12.1 Å². The number of aromatic nitrogens is 1. The molecule has 0 bridgehead atoms. The Bertz CT molecular complexity index is 607. The average molecular weight is 226 g/mol. The highest BCUT2D eigenvalue weighted by Gasteiger charge is 2.11. The first-order valence-corrected chi connectivity index (χ1v) is 4.91. The van der Waals surface area contributed by atoms with Crippen molar-refractivity contribution in [3.8, 4) is 22.9 Å². The molecular weight excluding hydrogens is 216 g/mol. The van der Waals surface area contributed by atoms with Crippen LogP contribution in [0.4, 0.5) is 5.82 Å². The van der Waals surface area contributed by atoms with E-state index in [1.54, 1.807) is 30.5 Å². The third-order valence-corrected chi connectivity index (χ3v) is 2.33. The van der Waals surface area contributed by atoms with E-state index in [0.29, 0.717) is 16.9 Å². The van der Waals surface area contributed by atoms with Gasteiger partial charge in [0.05, 0.1) is 6.34 Å². The highest BCUT2D eigenvalue weighted by molar-refractivity contribution is 5.77. The first-order chi connectivity index (χ1) is 8.26. The van der Waals surface area contributed by atoms with Gasteiger partial charge in [-0.2, -0.15) is 5.26 Å². The lowest BCUT2D eigenvalue weighted by atomic mass is 10.0. The Hall–Kier alpha value is -2.74. The Morgan fingerprint density at radius 2 is 2.29 bits per heavy atom. The van der Waals surface area contributed by atoms with Crippen LogP contribution in [0.15, 0.2) is 35.5 Å². The summed E-state index contributed by atoms with van der Waals surface area (Å²) in [5.74, 6) is 0.560. The van der Waals surface area contributed by atoms with Gasteiger partial charge in [-0.05, 0) is 17.7 Å². The van der Waals surface area contributed by atoms with Crippen molar-refractivity contribution in [2.75, 3.05) is 0 Å². The molecule has 0 aliphatic rings. The van der Waals surface area contributed by atoms with Gasteiger partial charge in [-0.25, -0.2) is 4.99 Å². The number of nitriles is 1. The van der Waals surface area contributed by atoms with Crippen LogP contribution in [0.3, 0.4) is 0 Å². The molecule has 84 valence electrons. The third-order valence-electron chi connectivity index (χ3n) is 2.33. The summed E-state index contributed by atoms with van der Waals surface area (Å²) in [5, 5.41) is 18.5. The molecule has 1 heterocycles. The first-order valence-electron chi connectivity index (χ1n) is 4.91. The molecule has 2 aromatic rings. The van der Waals surface area contributed by atoms with E-state index in [1.807, 2.05) is 0 Å². The summed E-state index contributed by atoms with van der Waals surface area (Å²) in [5.41, 5.74) is 7.03. The fraction of sp³-hybridized carbons (Fsp3) is 0. The quantitative estimate of drug-likeness (QED) is 0.538. The molecule has 5 nitrogen and oxygen atoms in total. The fourth-order valence-corrected chi connectivity index (χ4v) is 1.60. The number of nitrogens with two attached hydrogens (primary N) is 1. The molecule has 4 N–H and O–H groups in total. The minimum atomic E-state index is 0.150. The van der Waals surface area contributed by atoms with E-state index >= 15 is 0 Å². The molecule has 0 radical (unpaired) electrons. The number of nitrogens with one attached hydrogen (secondary N) is 1. The number of nitrogens with zero attached hydrogens (tertiary/aromatic N) is 2. The molecule has 0 saturated heterocycles. The zero-order valence-electron chi connectivity index (χ0n) is 8.88. The Kier molecular flexibility index (Phi) is 2.79. The second kappa shape index (κ2) is 4.41. The van der Waals surface area contributed by atoms with Gasteiger partial charge in [0.25, 0.3) is 0 Å². The summed E-state index contributed by atoms with van der Waals surface area (Å²) >= 11 is 0. The Morgan fingerprint density at radius 1 is 1.47 bits per heavy atom. The zero-order valence-corrected chi connectivity index (χ0v) is 8.88. The maximum Gasteiger partial charge on any atom is 0.150 e. The predicted octanol–water partition coefficient (Wildman–Crippen LogP) is 1.88. The van der Waals surface area contributed by atoms with Gasteiger partial charge in [0, 0.05) is 11.8 Å². The number of benzene rings is 1. The van der Waals surface area contributed by atoms with Crippen molar-refractivity contribution in [2.24, 2.45) is 10.7 Å². The van der Waals surface area contributed by atoms with Crippen LogP contribution in [-0.4, -0.2) is 16.4 Å². The number of hydrogen-bond donors (Lipinski definition) is 3. The Morgan fingerprint density at radius 3 is 2.94 bits per heavy atom. The molecule has 0 fully saturated rings. The van der Waals surface area contributed by atoms with Crippen molar-refractivity contribution < 1.29 is 5.11 Å². The lowest BCUT2D eigenvalue weighted by molar-refractivity contribution is 0.475. The van der Waals surface area contributed by atoms with Gasteiger partial charge in [0.2, 0.25) is 0 Å². The van der Waals surface area contributed by atoms with Gasteiger partial charge < -0.3 is 15.8 Å². The van der Waals surface area contributed by atoms with E-state index in [1.165, 1.54) is 0 Å². The number of H-pyrrole nitrogens is 1. The van der Waals surface area contributed by atoms with Gasteiger partial charge in [0.1, 0.15) is 23.2 Å². The van der Waals surface area contributed by atoms with Crippen LogP contribution in [0, 0.1) is 11.3 Å². The van der Waals surface area contributed by atoms with E-state index in [4.69, 9.17) is 11.0 Å². The van der Waals surface area contributed by atoms with Crippen molar-refractivity contribution >= 4 is 12.2 Å². The SMILES string of the molecule is N#Cc1c(-c2cccc(O)c2)c[nH]c1/N=C/N. The van der Waals surface area contributed by atoms with Crippen molar-refractivity contribution in [1.29, 1.82) is 5.26 Å². The molecule has 0 unspecified atom stereocenters. The Labute approximate surface area is 97.8 Å². The van der Waals surface area contributed by atoms with Crippen LogP contribution < -0.4 is 5.73 Å². The number of aromatic amines is 1. The highest BCUT2D eigenvalue weighted by atomic mass is 16.3. The molecule has 0 aliphatic carbocycles. The molecule has 0 spiro atoms. The van der Waals surface area contributed by atoms with Gasteiger partial charge in [0.15, 0.2) is 0 Å². The summed E-state index contributed by atoms with van der Waals surface area (Å²) in [7, 11) is 0. The largest absolute Gasteiger partial charge is 0.508 e. The maximum atomic E-state index is 9.41. The summed E-state index contributed by atoms with van der Waals surface area (Å²) in [6, 6.07) is 8.74. The van der Waals surface area contributed by atoms with Crippen LogP contribution in [0.1, 0.15) is 5.56 Å². The predicted molar refractivity (Wildman–Crippen MR) is 64.9 cm³/mol. The maximum absolute atomic E-state index is 9.41. The van der Waals surface area contributed by atoms with E-state index in [0.717, 1.165) is 11.9 Å². The number of phenols is 1. The van der Waals surface area contributed by atoms with Crippen molar-refractivity contribution in [3.63, 3.8) is 0 Å². The normalized spacial score (nSPS) is 10.5. The molecule has 0 amide bonds. The molecule has 2 rings (SSSR count). The lowest BCUT2D eigenvalue weighted by Crippen LogP contribution is -1.87. The fourth-order valence-electron chi connectivity index (χ4n) is 1.60. The molecule has 0 saturated carbocycles. The molecule has 17 heavy (non-hydrogen) atoms. The zero-order chi connectivity index (χ0) is 12.3. The summed E-state index contributed by atoms with van der Waals surface area (Å²) in [4.78, 5) is 6.72. The van der Waals surface area contributed by atoms with Crippen LogP contribution in [-0.2, 0) is 0 Å². The van der Waals surface area contributed by atoms with E-state index in [9.17, 15) is 5.11 Å². The Balaban J connectivity index is 2.57. The molecule has 1 aromatic heterocycles. The molecule has 5 heteroatoms. The summed E-state index contributed by atoms with van der Waals surface area (Å²) in [6.45, 7) is 0. The highest BCUT2D eigenvalue weighted by Crippen LogP contribution is 2.31. The van der Waals surface area contributed by atoms with E-state index < -0.39 is 0 Å². The first kappa shape index (κ1) is 10.8. The monoisotopic (exact) mass is 226 g/mol. The number of aromatic hydroxyl groups is 1. The third kappa shape index (κ3) is 1.96. The van der Waals surface area contributed by atoms with Gasteiger partial charge in [-0.3, -0.25) is 0 Å². The second-order valence-electron chi connectivity index (χ2n) is 3.37. The van der Waals surface area contributed by atoms with Crippen molar-refractivity contribution in [3.05, 3.63) is 36.0 Å². The van der Waals surface area contributed by atoms with Crippen LogP contribution in [0.25, 0.3) is 11.1 Å². The van der Waals surface area contributed by atoms with Gasteiger partial charge >= 0.3 is 0 Å². The number of phenolic OH excluding ortho intramolecular Hbond substituents is 1. The minimum Gasteiger partial charge on any atom is -0.508 e. The summed E-state index contributed by atoms with van der Waals surface area (Å²) in [6.07, 6.45) is 2.79. The topological polar surface area (TPSA) is 98.2 Å². The van der Waals surface area contributed by atoms with E-state index in [2.05, 4.69) is 16.0 Å². The van der Waals surface area contributed by atoms with Crippen LogP contribution >= 0.6 is 0 Å². The summed E-state index contributed by atoms with van der Waals surface area (Å²) < 4.78 is 0. The minimum absolute atomic E-state index is 0.150.